The molecular weight excluding hydrogens is 229 g/mol. The number of hydrogen-bond donors (Lipinski definition) is 1. The second kappa shape index (κ2) is 5.37. The molecule has 0 aromatic heterocycles. The van der Waals surface area contributed by atoms with Crippen LogP contribution in [-0.2, 0) is 11.3 Å². The third-order valence-corrected chi connectivity index (χ3v) is 4.49. The SMILES string of the molecule is CCC1(C)C(NC)CC1OCc1ccccc1F. The first kappa shape index (κ1) is 13.5. The van der Waals surface area contributed by atoms with E-state index in [9.17, 15) is 4.39 Å². The average molecular weight is 251 g/mol. The Hall–Kier alpha value is -0.930. The van der Waals surface area contributed by atoms with Gasteiger partial charge in [0.05, 0.1) is 12.7 Å². The molecule has 3 heteroatoms. The highest BCUT2D eigenvalue weighted by molar-refractivity contribution is 5.16. The summed E-state index contributed by atoms with van der Waals surface area (Å²) in [6.07, 6.45) is 2.30. The molecule has 0 amide bonds. The summed E-state index contributed by atoms with van der Waals surface area (Å²) in [6.45, 7) is 4.79. The van der Waals surface area contributed by atoms with Crippen LogP contribution in [0, 0.1) is 11.2 Å². The fourth-order valence-corrected chi connectivity index (χ4v) is 2.80. The lowest BCUT2D eigenvalue weighted by Crippen LogP contribution is -2.61. The molecule has 1 aromatic carbocycles. The summed E-state index contributed by atoms with van der Waals surface area (Å²) >= 11 is 0. The normalized spacial score (nSPS) is 31.1. The molecular formula is C15H22FNO. The maximum atomic E-state index is 13.5. The van der Waals surface area contributed by atoms with Crippen LogP contribution in [0.3, 0.4) is 0 Å². The molecule has 0 bridgehead atoms. The molecule has 100 valence electrons. The van der Waals surface area contributed by atoms with Crippen molar-refractivity contribution in [3.05, 3.63) is 35.6 Å². The van der Waals surface area contributed by atoms with Crippen molar-refractivity contribution in [3.8, 4) is 0 Å². The molecule has 2 nitrogen and oxygen atoms in total. The van der Waals surface area contributed by atoms with Gasteiger partial charge in [-0.1, -0.05) is 32.0 Å². The number of halogens is 1. The van der Waals surface area contributed by atoms with Gasteiger partial charge >= 0.3 is 0 Å². The molecule has 0 spiro atoms. The van der Waals surface area contributed by atoms with Crippen molar-refractivity contribution in [2.75, 3.05) is 7.05 Å². The lowest BCUT2D eigenvalue weighted by atomic mass is 9.61. The van der Waals surface area contributed by atoms with Crippen LogP contribution < -0.4 is 5.32 Å². The topological polar surface area (TPSA) is 21.3 Å². The molecule has 0 saturated heterocycles. The predicted octanol–water partition coefficient (Wildman–Crippen LogP) is 3.12. The van der Waals surface area contributed by atoms with E-state index < -0.39 is 0 Å². The minimum Gasteiger partial charge on any atom is -0.373 e. The van der Waals surface area contributed by atoms with E-state index in [1.54, 1.807) is 12.1 Å². The molecule has 0 heterocycles. The lowest BCUT2D eigenvalue weighted by Gasteiger charge is -2.53. The van der Waals surface area contributed by atoms with E-state index in [-0.39, 0.29) is 17.3 Å². The molecule has 18 heavy (non-hydrogen) atoms. The van der Waals surface area contributed by atoms with Gasteiger partial charge in [0.25, 0.3) is 0 Å². The Bertz CT molecular complexity index is 409. The zero-order valence-electron chi connectivity index (χ0n) is 11.4. The first-order valence-corrected chi connectivity index (χ1v) is 6.64. The van der Waals surface area contributed by atoms with Gasteiger partial charge in [-0.25, -0.2) is 4.39 Å². The molecule has 0 radical (unpaired) electrons. The van der Waals surface area contributed by atoms with Gasteiger partial charge in [-0.2, -0.15) is 0 Å². The Morgan fingerprint density at radius 3 is 2.78 bits per heavy atom. The van der Waals surface area contributed by atoms with Gasteiger partial charge in [0, 0.05) is 17.0 Å². The van der Waals surface area contributed by atoms with Crippen molar-refractivity contribution in [1.82, 2.24) is 5.32 Å². The molecule has 0 aliphatic heterocycles. The zero-order valence-corrected chi connectivity index (χ0v) is 11.4. The molecule has 2 rings (SSSR count). The minimum absolute atomic E-state index is 0.167. The highest BCUT2D eigenvalue weighted by atomic mass is 19.1. The van der Waals surface area contributed by atoms with Crippen LogP contribution >= 0.6 is 0 Å². The predicted molar refractivity (Wildman–Crippen MR) is 70.8 cm³/mol. The van der Waals surface area contributed by atoms with Crippen LogP contribution in [0.1, 0.15) is 32.3 Å². The monoisotopic (exact) mass is 251 g/mol. The molecule has 1 aliphatic rings. The van der Waals surface area contributed by atoms with E-state index in [4.69, 9.17) is 4.74 Å². The highest BCUT2D eigenvalue weighted by Crippen LogP contribution is 2.46. The summed E-state index contributed by atoms with van der Waals surface area (Å²) in [5.74, 6) is -0.180. The Balaban J connectivity index is 1.94. The number of hydrogen-bond acceptors (Lipinski definition) is 2. The fourth-order valence-electron chi connectivity index (χ4n) is 2.80. The molecule has 1 fully saturated rings. The van der Waals surface area contributed by atoms with Crippen molar-refractivity contribution in [3.63, 3.8) is 0 Å². The number of rotatable bonds is 5. The number of benzene rings is 1. The molecule has 3 atom stereocenters. The summed E-state index contributed by atoms with van der Waals surface area (Å²) < 4.78 is 19.4. The Labute approximate surface area is 109 Å². The zero-order chi connectivity index (χ0) is 13.2. The van der Waals surface area contributed by atoms with E-state index in [1.807, 2.05) is 13.1 Å². The van der Waals surface area contributed by atoms with Gasteiger partial charge < -0.3 is 10.1 Å². The van der Waals surface area contributed by atoms with Crippen molar-refractivity contribution in [1.29, 1.82) is 0 Å². The number of nitrogens with one attached hydrogen (secondary N) is 1. The van der Waals surface area contributed by atoms with E-state index >= 15 is 0 Å². The van der Waals surface area contributed by atoms with Crippen molar-refractivity contribution in [2.45, 2.75) is 45.4 Å². The van der Waals surface area contributed by atoms with Crippen LogP contribution in [0.25, 0.3) is 0 Å². The third-order valence-electron chi connectivity index (χ3n) is 4.49. The summed E-state index contributed by atoms with van der Waals surface area (Å²) in [6, 6.07) is 7.32. The van der Waals surface area contributed by atoms with Crippen LogP contribution in [-0.4, -0.2) is 19.2 Å². The quantitative estimate of drug-likeness (QED) is 0.868. The standard InChI is InChI=1S/C15H22FNO/c1-4-15(2)13(17-3)9-14(15)18-10-11-7-5-6-8-12(11)16/h5-8,13-14,17H,4,9-10H2,1-3H3. The second-order valence-corrected chi connectivity index (χ2v) is 5.33. The molecule has 1 N–H and O–H groups in total. The average Bonchev–Trinajstić information content (AvgIpc) is 2.38. The molecule has 1 saturated carbocycles. The fraction of sp³-hybridized carbons (Fsp3) is 0.600. The largest absolute Gasteiger partial charge is 0.373 e. The van der Waals surface area contributed by atoms with Gasteiger partial charge in [-0.05, 0) is 26.0 Å². The first-order chi connectivity index (χ1) is 8.61. The third kappa shape index (κ3) is 2.29. The smallest absolute Gasteiger partial charge is 0.128 e. The van der Waals surface area contributed by atoms with Gasteiger partial charge in [-0.3, -0.25) is 0 Å². The minimum atomic E-state index is -0.180. The second-order valence-electron chi connectivity index (χ2n) is 5.33. The Kier molecular flexibility index (Phi) is 4.03. The van der Waals surface area contributed by atoms with Gasteiger partial charge in [-0.15, -0.1) is 0 Å². The molecule has 1 aromatic rings. The van der Waals surface area contributed by atoms with Crippen LogP contribution in [0.2, 0.25) is 0 Å². The maximum absolute atomic E-state index is 13.5. The van der Waals surface area contributed by atoms with E-state index in [1.165, 1.54) is 6.07 Å². The van der Waals surface area contributed by atoms with Crippen molar-refractivity contribution >= 4 is 0 Å². The summed E-state index contributed by atoms with van der Waals surface area (Å²) in [5, 5.41) is 3.33. The Morgan fingerprint density at radius 1 is 1.44 bits per heavy atom. The van der Waals surface area contributed by atoms with E-state index in [0.29, 0.717) is 18.2 Å². The summed E-state index contributed by atoms with van der Waals surface area (Å²) in [4.78, 5) is 0. The van der Waals surface area contributed by atoms with Crippen LogP contribution in [0.5, 0.6) is 0 Å². The van der Waals surface area contributed by atoms with E-state index in [0.717, 1.165) is 12.8 Å². The van der Waals surface area contributed by atoms with Crippen molar-refractivity contribution in [2.24, 2.45) is 5.41 Å². The molecule has 1 aliphatic carbocycles. The summed E-state index contributed by atoms with van der Waals surface area (Å²) in [5.41, 5.74) is 0.809. The summed E-state index contributed by atoms with van der Waals surface area (Å²) in [7, 11) is 1.99. The van der Waals surface area contributed by atoms with Gasteiger partial charge in [0.2, 0.25) is 0 Å². The first-order valence-electron chi connectivity index (χ1n) is 6.64. The Morgan fingerprint density at radius 2 is 2.17 bits per heavy atom. The molecule has 3 unspecified atom stereocenters. The van der Waals surface area contributed by atoms with Gasteiger partial charge in [0.15, 0.2) is 0 Å². The van der Waals surface area contributed by atoms with Crippen molar-refractivity contribution < 1.29 is 9.13 Å². The van der Waals surface area contributed by atoms with E-state index in [2.05, 4.69) is 19.2 Å². The lowest BCUT2D eigenvalue weighted by molar-refractivity contribution is -0.134. The van der Waals surface area contributed by atoms with Gasteiger partial charge in [0.1, 0.15) is 5.82 Å². The van der Waals surface area contributed by atoms with Crippen LogP contribution in [0.4, 0.5) is 4.39 Å². The van der Waals surface area contributed by atoms with Crippen LogP contribution in [0.15, 0.2) is 24.3 Å². The maximum Gasteiger partial charge on any atom is 0.128 e. The number of ether oxygens (including phenoxy) is 1. The highest BCUT2D eigenvalue weighted by Gasteiger charge is 2.50.